The predicted octanol–water partition coefficient (Wildman–Crippen LogP) is 1.98. The largest absolute Gasteiger partial charge is 0.491 e. The van der Waals surface area contributed by atoms with Gasteiger partial charge in [0.05, 0.1) is 17.7 Å². The van der Waals surface area contributed by atoms with Gasteiger partial charge in [-0.3, -0.25) is 0 Å². The summed E-state index contributed by atoms with van der Waals surface area (Å²) in [5.74, 6) is 1.95. The van der Waals surface area contributed by atoms with Crippen LogP contribution in [0.4, 0.5) is 0 Å². The predicted molar refractivity (Wildman–Crippen MR) is 87.3 cm³/mol. The first kappa shape index (κ1) is 17.9. The van der Waals surface area contributed by atoms with Gasteiger partial charge in [-0.25, -0.2) is 0 Å². The lowest BCUT2D eigenvalue weighted by Gasteiger charge is -2.21. The van der Waals surface area contributed by atoms with Crippen LogP contribution in [0, 0.1) is 24.2 Å². The van der Waals surface area contributed by atoms with Gasteiger partial charge in [-0.05, 0) is 37.1 Å². The molecule has 0 fully saturated rings. The molecule has 0 aliphatic heterocycles. The molecule has 1 heterocycles. The second-order valence-corrected chi connectivity index (χ2v) is 5.91. The van der Waals surface area contributed by atoms with Crippen molar-refractivity contribution in [2.45, 2.75) is 32.9 Å². The lowest BCUT2D eigenvalue weighted by atomic mass is 10.0. The Morgan fingerprint density at radius 3 is 2.58 bits per heavy atom. The molecule has 128 valence electrons. The van der Waals surface area contributed by atoms with Crippen molar-refractivity contribution in [3.05, 3.63) is 41.5 Å². The maximum absolute atomic E-state index is 10.1. The molecule has 0 aliphatic carbocycles. The van der Waals surface area contributed by atoms with E-state index in [1.54, 1.807) is 31.2 Å². The number of nitrogens with one attached hydrogen (secondary N) is 1. The molecule has 0 bridgehead atoms. The number of benzene rings is 1. The van der Waals surface area contributed by atoms with Gasteiger partial charge in [0.2, 0.25) is 5.89 Å². The van der Waals surface area contributed by atoms with Crippen LogP contribution >= 0.6 is 0 Å². The number of aryl methyl sites for hydroxylation is 1. The number of hydrogen-bond donors (Lipinski definition) is 2. The van der Waals surface area contributed by atoms with Gasteiger partial charge >= 0.3 is 0 Å². The van der Waals surface area contributed by atoms with E-state index in [1.807, 2.05) is 19.9 Å². The fourth-order valence-electron chi connectivity index (χ4n) is 2.19. The molecule has 0 saturated carbocycles. The average Bonchev–Trinajstić information content (AvgIpc) is 2.99. The highest BCUT2D eigenvalue weighted by molar-refractivity contribution is 5.34. The number of rotatable bonds is 8. The molecule has 0 spiro atoms. The van der Waals surface area contributed by atoms with E-state index in [9.17, 15) is 5.11 Å². The number of hydrogen-bond acceptors (Lipinski definition) is 7. The van der Waals surface area contributed by atoms with E-state index < -0.39 is 6.10 Å². The quantitative estimate of drug-likeness (QED) is 0.762. The Morgan fingerprint density at radius 1 is 1.33 bits per heavy atom. The van der Waals surface area contributed by atoms with Gasteiger partial charge in [-0.15, -0.1) is 0 Å². The fraction of sp³-hybridized carbons (Fsp3) is 0.471. The number of aromatic nitrogens is 2. The fourth-order valence-corrected chi connectivity index (χ4v) is 2.19. The third-order valence-corrected chi connectivity index (χ3v) is 3.48. The van der Waals surface area contributed by atoms with Crippen LogP contribution in [0.5, 0.6) is 5.75 Å². The van der Waals surface area contributed by atoms with Gasteiger partial charge in [0.15, 0.2) is 5.82 Å². The number of aliphatic hydroxyl groups is 1. The van der Waals surface area contributed by atoms with Crippen molar-refractivity contribution in [1.29, 1.82) is 5.26 Å². The van der Waals surface area contributed by atoms with Crippen LogP contribution in [0.25, 0.3) is 0 Å². The van der Waals surface area contributed by atoms with E-state index in [2.05, 4.69) is 15.5 Å². The minimum absolute atomic E-state index is 0.129. The molecule has 7 nitrogen and oxygen atoms in total. The standard InChI is InChI=1S/C17H22N4O3/c1-11(2)16(17-20-12(3)21-24-17)19-9-14(22)10-23-15-6-4-13(8-18)5-7-15/h4-7,11,14,16,19,22H,9-10H2,1-3H3. The molecule has 7 heteroatoms. The Hall–Kier alpha value is -2.43. The van der Waals surface area contributed by atoms with Gasteiger partial charge in [-0.2, -0.15) is 10.2 Å². The summed E-state index contributed by atoms with van der Waals surface area (Å²) in [4.78, 5) is 4.24. The zero-order valence-corrected chi connectivity index (χ0v) is 14.1. The topological polar surface area (TPSA) is 104 Å². The summed E-state index contributed by atoms with van der Waals surface area (Å²) in [6, 6.07) is 8.67. The number of nitrogens with zero attached hydrogens (tertiary/aromatic N) is 3. The molecule has 2 atom stereocenters. The van der Waals surface area contributed by atoms with Crippen LogP contribution in [0.1, 0.15) is 37.2 Å². The third kappa shape index (κ3) is 5.05. The first-order chi connectivity index (χ1) is 11.5. The van der Waals surface area contributed by atoms with Crippen LogP contribution in [-0.4, -0.2) is 34.5 Å². The molecule has 1 aromatic carbocycles. The minimum Gasteiger partial charge on any atom is -0.491 e. The third-order valence-electron chi connectivity index (χ3n) is 3.48. The zero-order valence-electron chi connectivity index (χ0n) is 14.1. The smallest absolute Gasteiger partial charge is 0.244 e. The molecule has 0 saturated heterocycles. The molecule has 2 N–H and O–H groups in total. The normalized spacial score (nSPS) is 13.5. The molecule has 24 heavy (non-hydrogen) atoms. The highest BCUT2D eigenvalue weighted by Crippen LogP contribution is 2.19. The minimum atomic E-state index is -0.689. The molecular weight excluding hydrogens is 308 g/mol. The Kier molecular flexibility index (Phi) is 6.29. The van der Waals surface area contributed by atoms with Crippen LogP contribution in [0.15, 0.2) is 28.8 Å². The lowest BCUT2D eigenvalue weighted by molar-refractivity contribution is 0.0994. The van der Waals surface area contributed by atoms with Gasteiger partial charge < -0.3 is 19.7 Å². The first-order valence-electron chi connectivity index (χ1n) is 7.84. The summed E-state index contributed by atoms with van der Waals surface area (Å²) in [5.41, 5.74) is 0.569. The summed E-state index contributed by atoms with van der Waals surface area (Å²) in [6.45, 7) is 6.32. The number of aliphatic hydroxyl groups excluding tert-OH is 1. The molecule has 2 rings (SSSR count). The molecule has 2 aromatic rings. The van der Waals surface area contributed by atoms with Crippen molar-refractivity contribution < 1.29 is 14.4 Å². The number of ether oxygens (including phenoxy) is 1. The van der Waals surface area contributed by atoms with Gasteiger partial charge in [0.25, 0.3) is 0 Å². The first-order valence-corrected chi connectivity index (χ1v) is 7.84. The van der Waals surface area contributed by atoms with Crippen LogP contribution < -0.4 is 10.1 Å². The van der Waals surface area contributed by atoms with Gasteiger partial charge in [-0.1, -0.05) is 19.0 Å². The summed E-state index contributed by atoms with van der Waals surface area (Å²) in [5, 5.41) is 25.9. The summed E-state index contributed by atoms with van der Waals surface area (Å²) in [6.07, 6.45) is -0.689. The van der Waals surface area contributed by atoms with E-state index in [0.29, 0.717) is 29.6 Å². The van der Waals surface area contributed by atoms with E-state index in [1.165, 1.54) is 0 Å². The second-order valence-electron chi connectivity index (χ2n) is 5.91. The summed E-state index contributed by atoms with van der Waals surface area (Å²) >= 11 is 0. The van der Waals surface area contributed by atoms with E-state index in [-0.39, 0.29) is 18.6 Å². The average molecular weight is 330 g/mol. The molecule has 0 aliphatic rings. The van der Waals surface area contributed by atoms with Crippen molar-refractivity contribution in [1.82, 2.24) is 15.5 Å². The molecule has 0 radical (unpaired) electrons. The highest BCUT2D eigenvalue weighted by Gasteiger charge is 2.22. The van der Waals surface area contributed by atoms with E-state index in [4.69, 9.17) is 14.5 Å². The van der Waals surface area contributed by atoms with Crippen LogP contribution in [0.2, 0.25) is 0 Å². The maximum atomic E-state index is 10.1. The van der Waals surface area contributed by atoms with E-state index >= 15 is 0 Å². The molecular formula is C17H22N4O3. The van der Waals surface area contributed by atoms with Crippen molar-refractivity contribution in [2.24, 2.45) is 5.92 Å². The molecule has 1 aromatic heterocycles. The van der Waals surface area contributed by atoms with Crippen molar-refractivity contribution >= 4 is 0 Å². The SMILES string of the molecule is Cc1noc(C(NCC(O)COc2ccc(C#N)cc2)C(C)C)n1. The summed E-state index contributed by atoms with van der Waals surface area (Å²) < 4.78 is 10.7. The van der Waals surface area contributed by atoms with Gasteiger partial charge in [0, 0.05) is 6.54 Å². The van der Waals surface area contributed by atoms with Crippen LogP contribution in [0.3, 0.4) is 0 Å². The Morgan fingerprint density at radius 2 is 2.04 bits per heavy atom. The zero-order chi connectivity index (χ0) is 17.5. The monoisotopic (exact) mass is 330 g/mol. The summed E-state index contributed by atoms with van der Waals surface area (Å²) in [7, 11) is 0. The lowest BCUT2D eigenvalue weighted by Crippen LogP contribution is -2.36. The Labute approximate surface area is 141 Å². The Balaban J connectivity index is 1.82. The number of nitriles is 1. The van der Waals surface area contributed by atoms with Crippen LogP contribution in [-0.2, 0) is 0 Å². The van der Waals surface area contributed by atoms with Gasteiger partial charge in [0.1, 0.15) is 18.5 Å². The highest BCUT2D eigenvalue weighted by atomic mass is 16.5. The maximum Gasteiger partial charge on any atom is 0.244 e. The second kappa shape index (κ2) is 8.43. The van der Waals surface area contributed by atoms with Crippen molar-refractivity contribution in [2.75, 3.05) is 13.2 Å². The van der Waals surface area contributed by atoms with Crippen molar-refractivity contribution in [3.8, 4) is 11.8 Å². The van der Waals surface area contributed by atoms with Crippen molar-refractivity contribution in [3.63, 3.8) is 0 Å². The van der Waals surface area contributed by atoms with E-state index in [0.717, 1.165) is 0 Å². The molecule has 0 amide bonds. The Bertz CT molecular complexity index is 676. The molecule has 2 unspecified atom stereocenters.